The van der Waals surface area contributed by atoms with Crippen molar-refractivity contribution in [2.45, 2.75) is 5.88 Å². The van der Waals surface area contributed by atoms with Crippen LogP contribution in [0.25, 0.3) is 10.1 Å². The summed E-state index contributed by atoms with van der Waals surface area (Å²) in [5, 5.41) is 12.0. The number of aromatic hydroxyl groups is 1. The Bertz CT molecular complexity index is 452. The third kappa shape index (κ3) is 1.28. The van der Waals surface area contributed by atoms with Crippen LogP contribution in [0.3, 0.4) is 0 Å². The highest BCUT2D eigenvalue weighted by Gasteiger charge is 2.12. The van der Waals surface area contributed by atoms with E-state index in [1.165, 1.54) is 17.4 Å². The summed E-state index contributed by atoms with van der Waals surface area (Å²) in [5.41, 5.74) is 0.478. The van der Waals surface area contributed by atoms with Gasteiger partial charge in [-0.15, -0.1) is 22.9 Å². The maximum atomic E-state index is 13.1. The van der Waals surface area contributed by atoms with Crippen molar-refractivity contribution in [1.29, 1.82) is 0 Å². The molecule has 13 heavy (non-hydrogen) atoms. The molecule has 0 aliphatic carbocycles. The van der Waals surface area contributed by atoms with Gasteiger partial charge in [0.05, 0.1) is 5.88 Å². The first-order valence-corrected chi connectivity index (χ1v) is 5.09. The Hall–Kier alpha value is -0.800. The minimum atomic E-state index is -0.610. The molecule has 68 valence electrons. The number of rotatable bonds is 1. The molecule has 4 heteroatoms. The monoisotopic (exact) mass is 216 g/mol. The Morgan fingerprint density at radius 3 is 3.00 bits per heavy atom. The molecule has 0 unspecified atom stereocenters. The van der Waals surface area contributed by atoms with Crippen molar-refractivity contribution in [2.75, 3.05) is 0 Å². The van der Waals surface area contributed by atoms with Gasteiger partial charge in [0.1, 0.15) is 0 Å². The van der Waals surface area contributed by atoms with Crippen LogP contribution < -0.4 is 0 Å². The van der Waals surface area contributed by atoms with Crippen molar-refractivity contribution in [2.24, 2.45) is 0 Å². The number of halogens is 2. The minimum Gasteiger partial charge on any atom is -0.505 e. The van der Waals surface area contributed by atoms with Gasteiger partial charge in [0.25, 0.3) is 0 Å². The van der Waals surface area contributed by atoms with E-state index in [1.54, 1.807) is 6.07 Å². The summed E-state index contributed by atoms with van der Waals surface area (Å²) in [7, 11) is 0. The number of benzene rings is 1. The topological polar surface area (TPSA) is 20.2 Å². The molecule has 0 aliphatic rings. The van der Waals surface area contributed by atoms with E-state index in [0.717, 1.165) is 10.1 Å². The van der Waals surface area contributed by atoms with Crippen LogP contribution >= 0.6 is 22.9 Å². The molecular formula is C9H6ClFOS. The number of fused-ring (bicyclic) bond motifs is 1. The average molecular weight is 217 g/mol. The van der Waals surface area contributed by atoms with Crippen molar-refractivity contribution >= 4 is 33.0 Å². The molecule has 0 spiro atoms. The third-order valence-electron chi connectivity index (χ3n) is 1.90. The first kappa shape index (κ1) is 8.78. The summed E-state index contributed by atoms with van der Waals surface area (Å²) >= 11 is 7.07. The van der Waals surface area contributed by atoms with E-state index in [2.05, 4.69) is 0 Å². The van der Waals surface area contributed by atoms with Crippen molar-refractivity contribution in [3.8, 4) is 5.75 Å². The number of hydrogen-bond acceptors (Lipinski definition) is 2. The molecule has 1 N–H and O–H groups in total. The lowest BCUT2D eigenvalue weighted by Crippen LogP contribution is -1.84. The van der Waals surface area contributed by atoms with Crippen LogP contribution in [0, 0.1) is 5.82 Å². The zero-order valence-electron chi connectivity index (χ0n) is 6.55. The Morgan fingerprint density at radius 1 is 1.54 bits per heavy atom. The van der Waals surface area contributed by atoms with Gasteiger partial charge in [-0.05, 0) is 22.9 Å². The lowest BCUT2D eigenvalue weighted by molar-refractivity contribution is 0.429. The van der Waals surface area contributed by atoms with Gasteiger partial charge in [0, 0.05) is 10.3 Å². The molecule has 0 aliphatic heterocycles. The summed E-state index contributed by atoms with van der Waals surface area (Å²) in [4.78, 5) is 0. The van der Waals surface area contributed by atoms with Crippen molar-refractivity contribution in [1.82, 2.24) is 0 Å². The number of thiophene rings is 1. The molecule has 1 aromatic carbocycles. The van der Waals surface area contributed by atoms with Crippen LogP contribution in [0.2, 0.25) is 0 Å². The number of hydrogen-bond donors (Lipinski definition) is 1. The van der Waals surface area contributed by atoms with Crippen molar-refractivity contribution in [3.05, 3.63) is 28.9 Å². The predicted octanol–water partition coefficient (Wildman–Crippen LogP) is 3.48. The van der Waals surface area contributed by atoms with E-state index in [0.29, 0.717) is 5.56 Å². The van der Waals surface area contributed by atoms with Gasteiger partial charge in [-0.25, -0.2) is 4.39 Å². The second-order valence-corrected chi connectivity index (χ2v) is 3.84. The largest absolute Gasteiger partial charge is 0.505 e. The highest BCUT2D eigenvalue weighted by molar-refractivity contribution is 7.17. The fraction of sp³-hybridized carbons (Fsp3) is 0.111. The summed E-state index contributed by atoms with van der Waals surface area (Å²) in [5.74, 6) is -0.813. The van der Waals surface area contributed by atoms with Crippen LogP contribution in [-0.2, 0) is 5.88 Å². The van der Waals surface area contributed by atoms with Crippen molar-refractivity contribution in [3.63, 3.8) is 0 Å². The maximum absolute atomic E-state index is 13.1. The SMILES string of the molecule is Oc1c(F)cc2ccsc2c1CCl. The number of phenols is 1. The molecule has 0 saturated carbocycles. The first-order valence-electron chi connectivity index (χ1n) is 3.67. The van der Waals surface area contributed by atoms with Gasteiger partial charge >= 0.3 is 0 Å². The minimum absolute atomic E-state index is 0.126. The molecule has 0 radical (unpaired) electrons. The van der Waals surface area contributed by atoms with Gasteiger partial charge in [0.15, 0.2) is 11.6 Å². The summed E-state index contributed by atoms with van der Waals surface area (Å²) in [6, 6.07) is 3.12. The second kappa shape index (κ2) is 3.16. The van der Waals surface area contributed by atoms with E-state index >= 15 is 0 Å². The lowest BCUT2D eigenvalue weighted by Gasteiger charge is -2.02. The molecule has 0 amide bonds. The van der Waals surface area contributed by atoms with Crippen LogP contribution in [0.1, 0.15) is 5.56 Å². The zero-order chi connectivity index (χ0) is 9.42. The first-order chi connectivity index (χ1) is 6.24. The Balaban J connectivity index is 2.87. The molecular weight excluding hydrogens is 211 g/mol. The fourth-order valence-corrected chi connectivity index (χ4v) is 2.52. The Morgan fingerprint density at radius 2 is 2.31 bits per heavy atom. The molecule has 2 rings (SSSR count). The quantitative estimate of drug-likeness (QED) is 0.724. The number of alkyl halides is 1. The third-order valence-corrected chi connectivity index (χ3v) is 3.15. The smallest absolute Gasteiger partial charge is 0.165 e. The molecule has 0 fully saturated rings. The van der Waals surface area contributed by atoms with E-state index in [-0.39, 0.29) is 11.6 Å². The standard InChI is InChI=1S/C9H6ClFOS/c10-4-6-8(12)7(11)3-5-1-2-13-9(5)6/h1-3,12H,4H2. The Kier molecular flexibility index (Phi) is 2.14. The molecule has 1 nitrogen and oxygen atoms in total. The highest BCUT2D eigenvalue weighted by Crippen LogP contribution is 2.34. The highest BCUT2D eigenvalue weighted by atomic mass is 35.5. The molecule has 1 heterocycles. The summed E-state index contributed by atoms with van der Waals surface area (Å²) in [6.07, 6.45) is 0. The average Bonchev–Trinajstić information content (AvgIpc) is 2.54. The van der Waals surface area contributed by atoms with Gasteiger partial charge in [0.2, 0.25) is 0 Å². The van der Waals surface area contributed by atoms with E-state index in [4.69, 9.17) is 11.6 Å². The molecule has 0 saturated heterocycles. The molecule has 0 atom stereocenters. The summed E-state index contributed by atoms with van der Waals surface area (Å²) in [6.45, 7) is 0. The number of phenolic OH excluding ortho intramolecular Hbond substituents is 1. The van der Waals surface area contributed by atoms with E-state index < -0.39 is 5.82 Å². The fourth-order valence-electron chi connectivity index (χ4n) is 1.26. The lowest BCUT2D eigenvalue weighted by atomic mass is 10.1. The second-order valence-electron chi connectivity index (χ2n) is 2.66. The van der Waals surface area contributed by atoms with Crippen molar-refractivity contribution < 1.29 is 9.50 Å². The zero-order valence-corrected chi connectivity index (χ0v) is 8.12. The Labute approximate surface area is 83.4 Å². The van der Waals surface area contributed by atoms with Crippen LogP contribution in [0.5, 0.6) is 5.75 Å². The van der Waals surface area contributed by atoms with E-state index in [1.807, 2.05) is 5.38 Å². The normalized spacial score (nSPS) is 10.9. The van der Waals surface area contributed by atoms with Gasteiger partial charge in [-0.1, -0.05) is 0 Å². The molecule has 0 bridgehead atoms. The van der Waals surface area contributed by atoms with Crippen LogP contribution in [0.4, 0.5) is 4.39 Å². The van der Waals surface area contributed by atoms with Gasteiger partial charge < -0.3 is 5.11 Å². The molecule has 2 aromatic rings. The molecule has 1 aromatic heterocycles. The van der Waals surface area contributed by atoms with Gasteiger partial charge in [-0.3, -0.25) is 0 Å². The predicted molar refractivity (Wildman–Crippen MR) is 53.0 cm³/mol. The van der Waals surface area contributed by atoms with Crippen LogP contribution in [-0.4, -0.2) is 5.11 Å². The maximum Gasteiger partial charge on any atom is 0.165 e. The summed E-state index contributed by atoms with van der Waals surface area (Å²) < 4.78 is 13.9. The van der Waals surface area contributed by atoms with Crippen LogP contribution in [0.15, 0.2) is 17.5 Å². The van der Waals surface area contributed by atoms with Gasteiger partial charge in [-0.2, -0.15) is 0 Å². The van der Waals surface area contributed by atoms with E-state index in [9.17, 15) is 9.50 Å².